The highest BCUT2D eigenvalue weighted by atomic mass is 16.3. The van der Waals surface area contributed by atoms with Gasteiger partial charge in [-0.1, -0.05) is 38.2 Å². The fourth-order valence-corrected chi connectivity index (χ4v) is 0.806. The van der Waals surface area contributed by atoms with E-state index in [1.807, 2.05) is 26.8 Å². The standard InChI is InChI=1S/C10H17NO/c1-7(2)5-6-9(8(3)4)10(11)12/h5-6,8,12H,1,11H2,2-4H3/b6-5-,10-9-. The number of aliphatic hydroxyl groups excluding tert-OH is 1. The Morgan fingerprint density at radius 1 is 1.42 bits per heavy atom. The van der Waals surface area contributed by atoms with E-state index in [1.54, 1.807) is 6.08 Å². The molecule has 0 aromatic rings. The van der Waals surface area contributed by atoms with Crippen LogP contribution in [0.4, 0.5) is 0 Å². The van der Waals surface area contributed by atoms with Gasteiger partial charge in [0.1, 0.15) is 0 Å². The fourth-order valence-electron chi connectivity index (χ4n) is 0.806. The minimum absolute atomic E-state index is 0.109. The van der Waals surface area contributed by atoms with Crippen LogP contribution in [-0.4, -0.2) is 5.11 Å². The highest BCUT2D eigenvalue weighted by Crippen LogP contribution is 2.13. The van der Waals surface area contributed by atoms with Crippen molar-refractivity contribution in [2.24, 2.45) is 11.7 Å². The SMILES string of the molecule is C=C(C)/C=C\C(=C(/N)O)C(C)C. The molecule has 2 nitrogen and oxygen atoms in total. The number of hydrogen-bond donors (Lipinski definition) is 2. The van der Waals surface area contributed by atoms with Crippen LogP contribution in [0.1, 0.15) is 20.8 Å². The molecule has 0 aliphatic carbocycles. The minimum atomic E-state index is -0.109. The molecule has 0 aliphatic heterocycles. The van der Waals surface area contributed by atoms with E-state index in [-0.39, 0.29) is 11.8 Å². The first-order valence-electron chi connectivity index (χ1n) is 3.97. The highest BCUT2D eigenvalue weighted by Gasteiger charge is 2.03. The fraction of sp³-hybridized carbons (Fsp3) is 0.400. The Bertz CT molecular complexity index is 220. The smallest absolute Gasteiger partial charge is 0.185 e. The van der Waals surface area contributed by atoms with Crippen LogP contribution in [-0.2, 0) is 0 Å². The van der Waals surface area contributed by atoms with Gasteiger partial charge in [-0.15, -0.1) is 0 Å². The third kappa shape index (κ3) is 3.86. The number of nitrogens with two attached hydrogens (primary N) is 1. The average molecular weight is 167 g/mol. The molecule has 0 rings (SSSR count). The summed E-state index contributed by atoms with van der Waals surface area (Å²) in [6.07, 6.45) is 3.63. The van der Waals surface area contributed by atoms with Crippen molar-refractivity contribution in [1.29, 1.82) is 0 Å². The zero-order chi connectivity index (χ0) is 9.72. The maximum atomic E-state index is 9.07. The van der Waals surface area contributed by atoms with E-state index in [0.717, 1.165) is 11.1 Å². The molecule has 0 aliphatic rings. The summed E-state index contributed by atoms with van der Waals surface area (Å²) in [5.74, 6) is 0.119. The summed E-state index contributed by atoms with van der Waals surface area (Å²) < 4.78 is 0. The maximum Gasteiger partial charge on any atom is 0.185 e. The number of hydrogen-bond acceptors (Lipinski definition) is 2. The quantitative estimate of drug-likeness (QED) is 0.501. The second-order valence-corrected chi connectivity index (χ2v) is 3.17. The molecule has 0 aromatic carbocycles. The van der Waals surface area contributed by atoms with Gasteiger partial charge >= 0.3 is 0 Å². The van der Waals surface area contributed by atoms with E-state index in [1.165, 1.54) is 0 Å². The highest BCUT2D eigenvalue weighted by molar-refractivity contribution is 5.27. The van der Waals surface area contributed by atoms with E-state index in [4.69, 9.17) is 10.8 Å². The van der Waals surface area contributed by atoms with Crippen LogP contribution in [0, 0.1) is 5.92 Å². The molecule has 0 radical (unpaired) electrons. The molecule has 0 atom stereocenters. The molecule has 0 bridgehead atoms. The first-order chi connectivity index (χ1) is 5.45. The second-order valence-electron chi connectivity index (χ2n) is 3.17. The van der Waals surface area contributed by atoms with Gasteiger partial charge in [0.25, 0.3) is 0 Å². The largest absolute Gasteiger partial charge is 0.495 e. The summed E-state index contributed by atoms with van der Waals surface area (Å²) in [6.45, 7) is 9.55. The van der Waals surface area contributed by atoms with Crippen molar-refractivity contribution in [1.82, 2.24) is 0 Å². The van der Waals surface area contributed by atoms with Crippen LogP contribution in [0.15, 0.2) is 35.8 Å². The summed E-state index contributed by atoms with van der Waals surface area (Å²) >= 11 is 0. The van der Waals surface area contributed by atoms with Crippen molar-refractivity contribution >= 4 is 0 Å². The Morgan fingerprint density at radius 3 is 2.17 bits per heavy atom. The Labute approximate surface area is 74.1 Å². The van der Waals surface area contributed by atoms with Gasteiger partial charge in [-0.25, -0.2) is 0 Å². The van der Waals surface area contributed by atoms with Crippen molar-refractivity contribution in [3.8, 4) is 0 Å². The lowest BCUT2D eigenvalue weighted by Gasteiger charge is -2.06. The first-order valence-corrected chi connectivity index (χ1v) is 3.97. The molecule has 0 saturated heterocycles. The Kier molecular flexibility index (Phi) is 4.19. The van der Waals surface area contributed by atoms with Crippen molar-refractivity contribution in [3.63, 3.8) is 0 Å². The van der Waals surface area contributed by atoms with Gasteiger partial charge in [-0.2, -0.15) is 0 Å². The number of allylic oxidation sites excluding steroid dienone is 4. The normalized spacial score (nSPS) is 13.7. The lowest BCUT2D eigenvalue weighted by molar-refractivity contribution is 0.393. The molecule has 0 unspecified atom stereocenters. The van der Waals surface area contributed by atoms with E-state index in [9.17, 15) is 0 Å². The molecule has 0 saturated carbocycles. The summed E-state index contributed by atoms with van der Waals surface area (Å²) in [5, 5.41) is 9.07. The van der Waals surface area contributed by atoms with E-state index in [2.05, 4.69) is 6.58 Å². The molecule has 0 aromatic heterocycles. The lowest BCUT2D eigenvalue weighted by atomic mass is 10.0. The zero-order valence-corrected chi connectivity index (χ0v) is 7.96. The van der Waals surface area contributed by atoms with Gasteiger partial charge in [-0.3, -0.25) is 0 Å². The Morgan fingerprint density at radius 2 is 1.92 bits per heavy atom. The van der Waals surface area contributed by atoms with Crippen LogP contribution in [0.5, 0.6) is 0 Å². The third-order valence-electron chi connectivity index (χ3n) is 1.47. The van der Waals surface area contributed by atoms with Crippen LogP contribution in [0.3, 0.4) is 0 Å². The Hall–Kier alpha value is -1.18. The van der Waals surface area contributed by atoms with E-state index < -0.39 is 0 Å². The molecule has 2 heteroatoms. The summed E-state index contributed by atoms with van der Waals surface area (Å²) in [4.78, 5) is 0. The second kappa shape index (κ2) is 4.65. The number of rotatable bonds is 3. The average Bonchev–Trinajstić information content (AvgIpc) is 1.84. The third-order valence-corrected chi connectivity index (χ3v) is 1.47. The van der Waals surface area contributed by atoms with Crippen molar-refractivity contribution < 1.29 is 5.11 Å². The lowest BCUT2D eigenvalue weighted by Crippen LogP contribution is -2.04. The molecule has 0 fully saturated rings. The maximum absolute atomic E-state index is 9.07. The molecule has 68 valence electrons. The first kappa shape index (κ1) is 10.8. The monoisotopic (exact) mass is 167 g/mol. The number of aliphatic hydroxyl groups is 1. The van der Waals surface area contributed by atoms with Gasteiger partial charge in [0.15, 0.2) is 5.88 Å². The predicted molar refractivity (Wildman–Crippen MR) is 52.6 cm³/mol. The van der Waals surface area contributed by atoms with Crippen LogP contribution in [0.25, 0.3) is 0 Å². The van der Waals surface area contributed by atoms with Crippen LogP contribution < -0.4 is 5.73 Å². The molecular formula is C10H17NO. The summed E-state index contributed by atoms with van der Waals surface area (Å²) in [6, 6.07) is 0. The zero-order valence-electron chi connectivity index (χ0n) is 7.96. The topological polar surface area (TPSA) is 46.2 Å². The summed E-state index contributed by atoms with van der Waals surface area (Å²) in [7, 11) is 0. The van der Waals surface area contributed by atoms with Gasteiger partial charge in [0.2, 0.25) is 0 Å². The van der Waals surface area contributed by atoms with E-state index >= 15 is 0 Å². The van der Waals surface area contributed by atoms with E-state index in [0.29, 0.717) is 0 Å². The molecular weight excluding hydrogens is 150 g/mol. The van der Waals surface area contributed by atoms with Crippen molar-refractivity contribution in [2.45, 2.75) is 20.8 Å². The molecule has 12 heavy (non-hydrogen) atoms. The predicted octanol–water partition coefficient (Wildman–Crippen LogP) is 2.50. The molecule has 0 heterocycles. The summed E-state index contributed by atoms with van der Waals surface area (Å²) in [5.41, 5.74) is 6.97. The van der Waals surface area contributed by atoms with Gasteiger partial charge in [-0.05, 0) is 12.8 Å². The van der Waals surface area contributed by atoms with Crippen LogP contribution in [0.2, 0.25) is 0 Å². The molecule has 3 N–H and O–H groups in total. The van der Waals surface area contributed by atoms with Crippen molar-refractivity contribution in [3.05, 3.63) is 35.8 Å². The molecule has 0 amide bonds. The molecule has 0 spiro atoms. The van der Waals surface area contributed by atoms with Crippen LogP contribution >= 0.6 is 0 Å². The van der Waals surface area contributed by atoms with Gasteiger partial charge in [0, 0.05) is 5.57 Å². The van der Waals surface area contributed by atoms with Gasteiger partial charge < -0.3 is 10.8 Å². The van der Waals surface area contributed by atoms with Gasteiger partial charge in [0.05, 0.1) is 0 Å². The minimum Gasteiger partial charge on any atom is -0.495 e. The Balaban J connectivity index is 4.58. The van der Waals surface area contributed by atoms with Crippen molar-refractivity contribution in [2.75, 3.05) is 0 Å².